The van der Waals surface area contributed by atoms with Gasteiger partial charge in [-0.05, 0) is 31.7 Å². The van der Waals surface area contributed by atoms with Gasteiger partial charge in [0, 0.05) is 44.9 Å². The van der Waals surface area contributed by atoms with Crippen LogP contribution in [0.2, 0.25) is 0 Å². The Hall–Kier alpha value is -4.58. The van der Waals surface area contributed by atoms with Crippen molar-refractivity contribution in [3.05, 3.63) is 54.5 Å². The number of ketones is 1. The van der Waals surface area contributed by atoms with Crippen LogP contribution in [0.3, 0.4) is 0 Å². The minimum Gasteiger partial charge on any atom is -0.494 e. The van der Waals surface area contributed by atoms with Gasteiger partial charge in [-0.25, -0.2) is 9.97 Å². The van der Waals surface area contributed by atoms with E-state index in [9.17, 15) is 4.79 Å². The normalized spacial score (nSPS) is 15.2. The first-order chi connectivity index (χ1) is 18.9. The molecule has 0 spiro atoms. The number of likely N-dealkylation sites (N-methyl/N-ethyl adjacent to an activating group) is 1. The summed E-state index contributed by atoms with van der Waals surface area (Å²) in [6.07, 6.45) is 4.59. The number of carbonyl (C=O) groups excluding carboxylic acids is 1. The molecule has 1 aliphatic rings. The molecule has 0 bridgehead atoms. The van der Waals surface area contributed by atoms with E-state index in [0.29, 0.717) is 52.4 Å². The van der Waals surface area contributed by atoms with E-state index in [1.807, 2.05) is 25.1 Å². The number of rotatable bonds is 10. The van der Waals surface area contributed by atoms with Crippen LogP contribution in [0.25, 0.3) is 11.4 Å². The molecule has 1 aromatic carbocycles. The lowest BCUT2D eigenvalue weighted by atomic mass is 10.1. The van der Waals surface area contributed by atoms with Crippen LogP contribution in [-0.2, 0) is 7.05 Å². The molecule has 0 radical (unpaired) electrons. The first-order valence-corrected chi connectivity index (χ1v) is 12.7. The Labute approximate surface area is 226 Å². The molecule has 0 unspecified atom stereocenters. The number of methoxy groups -OCH3 is 1. The average molecular weight is 530 g/mol. The molecular weight excluding hydrogens is 498 g/mol. The summed E-state index contributed by atoms with van der Waals surface area (Å²) in [5.74, 6) is 2.52. The molecule has 2 N–H and O–H groups in total. The molecule has 1 atom stereocenters. The lowest BCUT2D eigenvalue weighted by Gasteiger charge is -2.17. The summed E-state index contributed by atoms with van der Waals surface area (Å²) in [5.41, 5.74) is 2.41. The molecule has 4 heterocycles. The van der Waals surface area contributed by atoms with Crippen molar-refractivity contribution in [2.75, 3.05) is 37.9 Å². The van der Waals surface area contributed by atoms with Gasteiger partial charge in [0.25, 0.3) is 0 Å². The zero-order valence-corrected chi connectivity index (χ0v) is 22.4. The fourth-order valence-corrected chi connectivity index (χ4v) is 4.42. The van der Waals surface area contributed by atoms with E-state index in [4.69, 9.17) is 9.47 Å². The highest BCUT2D eigenvalue weighted by Crippen LogP contribution is 2.37. The van der Waals surface area contributed by atoms with E-state index >= 15 is 0 Å². The van der Waals surface area contributed by atoms with Crippen molar-refractivity contribution in [3.8, 4) is 23.0 Å². The van der Waals surface area contributed by atoms with Gasteiger partial charge in [-0.1, -0.05) is 13.0 Å². The highest BCUT2D eigenvalue weighted by molar-refractivity contribution is 6.02. The molecule has 12 heteroatoms. The average Bonchev–Trinajstić information content (AvgIpc) is 3.56. The summed E-state index contributed by atoms with van der Waals surface area (Å²) in [5, 5.41) is 19.3. The predicted octanol–water partition coefficient (Wildman–Crippen LogP) is 3.84. The number of aryl methyl sites for hydroxylation is 1. The Morgan fingerprint density at radius 1 is 1.08 bits per heavy atom. The Bertz CT molecular complexity index is 1460. The third-order valence-corrected chi connectivity index (χ3v) is 6.39. The lowest BCUT2D eigenvalue weighted by molar-refractivity contribution is 0.0988. The molecule has 39 heavy (non-hydrogen) atoms. The largest absolute Gasteiger partial charge is 0.494 e. The number of pyridine rings is 1. The molecule has 5 rings (SSSR count). The van der Waals surface area contributed by atoms with Gasteiger partial charge in [0.1, 0.15) is 18.2 Å². The van der Waals surface area contributed by atoms with Gasteiger partial charge in [-0.2, -0.15) is 5.10 Å². The fourth-order valence-electron chi connectivity index (χ4n) is 4.42. The number of hydrogen-bond acceptors (Lipinski definition) is 11. The number of carbonyl (C=O) groups is 1. The maximum absolute atomic E-state index is 12.7. The molecule has 0 saturated carbocycles. The second-order valence-electron chi connectivity index (χ2n) is 9.32. The Morgan fingerprint density at radius 3 is 2.62 bits per heavy atom. The van der Waals surface area contributed by atoms with Crippen LogP contribution in [0.15, 0.2) is 48.9 Å². The number of nitrogens with zero attached hydrogens (tertiary/aromatic N) is 7. The van der Waals surface area contributed by atoms with Gasteiger partial charge in [0.15, 0.2) is 23.2 Å². The van der Waals surface area contributed by atoms with Crippen molar-refractivity contribution in [1.82, 2.24) is 34.8 Å². The predicted molar refractivity (Wildman–Crippen MR) is 147 cm³/mol. The third kappa shape index (κ3) is 5.96. The minimum absolute atomic E-state index is 0.0445. The molecule has 202 valence electrons. The highest BCUT2D eigenvalue weighted by Gasteiger charge is 2.22. The maximum Gasteiger partial charge on any atom is 0.233 e. The number of anilines is 4. The number of ether oxygens (including phenoxy) is 2. The first-order valence-electron chi connectivity index (χ1n) is 12.7. The first kappa shape index (κ1) is 26.0. The Kier molecular flexibility index (Phi) is 7.64. The van der Waals surface area contributed by atoms with Crippen LogP contribution >= 0.6 is 0 Å². The van der Waals surface area contributed by atoms with Crippen LogP contribution in [0, 0.1) is 0 Å². The molecule has 1 saturated heterocycles. The van der Waals surface area contributed by atoms with Crippen molar-refractivity contribution >= 4 is 28.8 Å². The van der Waals surface area contributed by atoms with Gasteiger partial charge >= 0.3 is 0 Å². The van der Waals surface area contributed by atoms with Crippen LogP contribution in [0.5, 0.6) is 11.6 Å². The van der Waals surface area contributed by atoms with E-state index in [1.54, 1.807) is 49.6 Å². The number of hydrogen-bond donors (Lipinski definition) is 2. The molecule has 0 aliphatic carbocycles. The van der Waals surface area contributed by atoms with E-state index < -0.39 is 0 Å². The zero-order chi connectivity index (χ0) is 27.4. The fraction of sp³-hybridized carbons (Fsp3) is 0.333. The summed E-state index contributed by atoms with van der Waals surface area (Å²) in [4.78, 5) is 23.8. The SMILES string of the molecule is CCC(=O)c1cnc(Nc2ccc(O[C@H]3CCN(C)C3)nn2)cc1Nc1cccc(-c2ncn(C)n2)c1OC. The number of benzene rings is 1. The molecule has 12 nitrogen and oxygen atoms in total. The van der Waals surface area contributed by atoms with E-state index in [0.717, 1.165) is 25.1 Å². The van der Waals surface area contributed by atoms with Gasteiger partial charge < -0.3 is 25.0 Å². The Balaban J connectivity index is 1.39. The van der Waals surface area contributed by atoms with Crippen LogP contribution in [0.1, 0.15) is 30.1 Å². The van der Waals surface area contributed by atoms with Gasteiger partial charge in [0.2, 0.25) is 5.88 Å². The number of aromatic nitrogens is 6. The summed E-state index contributed by atoms with van der Waals surface area (Å²) in [7, 11) is 5.46. The van der Waals surface area contributed by atoms with Crippen molar-refractivity contribution in [3.63, 3.8) is 0 Å². The Morgan fingerprint density at radius 2 is 1.95 bits per heavy atom. The summed E-state index contributed by atoms with van der Waals surface area (Å²) < 4.78 is 13.3. The van der Waals surface area contributed by atoms with Gasteiger partial charge in [-0.15, -0.1) is 10.2 Å². The summed E-state index contributed by atoms with van der Waals surface area (Å²) in [6.45, 7) is 3.69. The molecule has 4 aromatic rings. The number of likely N-dealkylation sites (tertiary alicyclic amines) is 1. The second-order valence-corrected chi connectivity index (χ2v) is 9.32. The second kappa shape index (κ2) is 11.4. The highest BCUT2D eigenvalue weighted by atomic mass is 16.5. The van der Waals surface area contributed by atoms with Crippen LogP contribution in [0.4, 0.5) is 23.0 Å². The van der Waals surface area contributed by atoms with E-state index in [-0.39, 0.29) is 11.9 Å². The molecule has 3 aromatic heterocycles. The van der Waals surface area contributed by atoms with Crippen molar-refractivity contribution in [2.24, 2.45) is 7.05 Å². The molecule has 0 amide bonds. The minimum atomic E-state index is -0.0445. The number of Topliss-reactive ketones (excluding diaryl/α,β-unsaturated/α-hetero) is 1. The van der Waals surface area contributed by atoms with E-state index in [2.05, 4.69) is 47.8 Å². The van der Waals surface area contributed by atoms with Crippen molar-refractivity contribution < 1.29 is 14.3 Å². The number of para-hydroxylation sites is 1. The lowest BCUT2D eigenvalue weighted by Crippen LogP contribution is -2.21. The van der Waals surface area contributed by atoms with Crippen LogP contribution < -0.4 is 20.1 Å². The van der Waals surface area contributed by atoms with E-state index in [1.165, 1.54) is 0 Å². The van der Waals surface area contributed by atoms with Crippen molar-refractivity contribution in [2.45, 2.75) is 25.9 Å². The standard InChI is InChI=1S/C27H31N9O3/c1-5-22(37)19-14-28-24(31-23-9-10-25(33-32-23)39-17-11-12-35(2)15-17)13-21(19)30-20-8-6-7-18(26(20)38-4)27-29-16-36(3)34-27/h6-10,13-14,16-17H,5,11-12,15H2,1-4H3,(H2,28,30,31,32)/t17-/m0/s1. The quantitative estimate of drug-likeness (QED) is 0.290. The van der Waals surface area contributed by atoms with Gasteiger partial charge in [0.05, 0.1) is 29.6 Å². The molecule has 1 aliphatic heterocycles. The summed E-state index contributed by atoms with van der Waals surface area (Å²) >= 11 is 0. The monoisotopic (exact) mass is 529 g/mol. The maximum atomic E-state index is 12.7. The zero-order valence-electron chi connectivity index (χ0n) is 22.4. The van der Waals surface area contributed by atoms with Crippen LogP contribution in [-0.4, -0.2) is 74.0 Å². The van der Waals surface area contributed by atoms with Crippen molar-refractivity contribution in [1.29, 1.82) is 0 Å². The molecular formula is C27H31N9O3. The smallest absolute Gasteiger partial charge is 0.233 e. The topological polar surface area (TPSA) is 132 Å². The number of nitrogens with one attached hydrogen (secondary N) is 2. The third-order valence-electron chi connectivity index (χ3n) is 6.39. The summed E-state index contributed by atoms with van der Waals surface area (Å²) in [6, 6.07) is 11.0. The van der Waals surface area contributed by atoms with Gasteiger partial charge in [-0.3, -0.25) is 9.48 Å². The molecule has 1 fully saturated rings.